The molecule has 0 aliphatic carbocycles. The molecular weight excluding hydrogens is 321 g/mol. The average Bonchev–Trinajstić information content (AvgIpc) is 2.98. The molecule has 9 heteroatoms. The Balaban J connectivity index is 2.01. The molecule has 0 radical (unpaired) electrons. The molecule has 0 bridgehead atoms. The Morgan fingerprint density at radius 2 is 1.79 bits per heavy atom. The van der Waals surface area contributed by atoms with Crippen LogP contribution in [-0.4, -0.2) is 24.9 Å². The van der Waals surface area contributed by atoms with Crippen molar-refractivity contribution in [1.29, 1.82) is 0 Å². The van der Waals surface area contributed by atoms with Crippen molar-refractivity contribution in [3.8, 4) is 0 Å². The number of alkyl halides is 3. The van der Waals surface area contributed by atoms with E-state index in [0.29, 0.717) is 5.82 Å². The summed E-state index contributed by atoms with van der Waals surface area (Å²) in [5.74, 6) is 0.469. The van der Waals surface area contributed by atoms with Crippen LogP contribution in [0.15, 0.2) is 31.1 Å². The highest BCUT2D eigenvalue weighted by Gasteiger charge is 2.33. The molecule has 3 rings (SSSR count). The zero-order chi connectivity index (χ0) is 17.3. The third-order valence-corrected chi connectivity index (χ3v) is 3.63. The van der Waals surface area contributed by atoms with Crippen LogP contribution >= 0.6 is 0 Å². The van der Waals surface area contributed by atoms with Gasteiger partial charge in [0.15, 0.2) is 0 Å². The molecule has 1 atom stereocenters. The van der Waals surface area contributed by atoms with Gasteiger partial charge in [-0.3, -0.25) is 0 Å². The van der Waals surface area contributed by atoms with E-state index in [2.05, 4.69) is 30.2 Å². The van der Waals surface area contributed by atoms with Gasteiger partial charge in [0.2, 0.25) is 0 Å². The van der Waals surface area contributed by atoms with Crippen LogP contribution < -0.4 is 5.32 Å². The van der Waals surface area contributed by atoms with Gasteiger partial charge in [0.05, 0.1) is 11.4 Å². The minimum Gasteiger partial charge on any atom is -0.362 e. The van der Waals surface area contributed by atoms with E-state index in [1.54, 1.807) is 12.4 Å². The Bertz CT molecular complexity index is 828. The number of aromatic nitrogens is 5. The summed E-state index contributed by atoms with van der Waals surface area (Å²) in [6.07, 6.45) is 1.51. The molecule has 0 saturated heterocycles. The minimum absolute atomic E-state index is 0.131. The van der Waals surface area contributed by atoms with Gasteiger partial charge in [-0.05, 0) is 12.0 Å². The van der Waals surface area contributed by atoms with Crippen molar-refractivity contribution in [1.82, 2.24) is 24.9 Å². The van der Waals surface area contributed by atoms with Crippen molar-refractivity contribution < 1.29 is 13.2 Å². The molecule has 3 aromatic rings. The fraction of sp³-hybridized carbons (Fsp3) is 0.333. The first kappa shape index (κ1) is 16.2. The maximum absolute atomic E-state index is 12.9. The maximum atomic E-state index is 12.9. The highest BCUT2D eigenvalue weighted by atomic mass is 19.4. The molecule has 0 spiro atoms. The number of fused-ring (bicyclic) bond motifs is 1. The van der Waals surface area contributed by atoms with E-state index in [4.69, 9.17) is 0 Å². The summed E-state index contributed by atoms with van der Waals surface area (Å²) in [4.78, 5) is 18.2. The normalized spacial score (nSPS) is 13.4. The first-order valence-electron chi connectivity index (χ1n) is 7.28. The number of nitrogens with zero attached hydrogens (tertiary/aromatic N) is 4. The second kappa shape index (κ2) is 6.06. The third-order valence-electron chi connectivity index (χ3n) is 3.63. The molecule has 0 aromatic carbocycles. The molecule has 6 nitrogen and oxygen atoms in total. The van der Waals surface area contributed by atoms with Crippen LogP contribution in [0.3, 0.4) is 0 Å². The van der Waals surface area contributed by atoms with Crippen LogP contribution in [0.5, 0.6) is 0 Å². The van der Waals surface area contributed by atoms with Crippen molar-refractivity contribution in [2.75, 3.05) is 5.32 Å². The summed E-state index contributed by atoms with van der Waals surface area (Å²) < 4.78 is 38.7. The van der Waals surface area contributed by atoms with Gasteiger partial charge in [0.25, 0.3) is 0 Å². The fourth-order valence-corrected chi connectivity index (χ4v) is 2.46. The topological polar surface area (TPSA) is 79.4 Å². The van der Waals surface area contributed by atoms with Gasteiger partial charge >= 0.3 is 6.18 Å². The van der Waals surface area contributed by atoms with Crippen LogP contribution in [0.2, 0.25) is 0 Å². The minimum atomic E-state index is -4.47. The smallest absolute Gasteiger partial charge is 0.362 e. The zero-order valence-electron chi connectivity index (χ0n) is 13.0. The maximum Gasteiger partial charge on any atom is 0.431 e. The summed E-state index contributed by atoms with van der Waals surface area (Å²) in [6, 6.07) is 0.810. The van der Waals surface area contributed by atoms with Gasteiger partial charge in [-0.2, -0.15) is 13.2 Å². The largest absolute Gasteiger partial charge is 0.431 e. The Kier molecular flexibility index (Phi) is 4.08. The van der Waals surface area contributed by atoms with Crippen molar-refractivity contribution in [3.63, 3.8) is 0 Å². The number of nitrogens with one attached hydrogen (secondary N) is 2. The second-order valence-corrected chi connectivity index (χ2v) is 5.70. The number of aromatic amines is 1. The molecule has 0 unspecified atom stereocenters. The summed E-state index contributed by atoms with van der Waals surface area (Å²) in [5, 5.41) is 3.47. The number of halogens is 3. The molecule has 0 aliphatic heterocycles. The van der Waals surface area contributed by atoms with E-state index in [0.717, 1.165) is 11.6 Å². The fourth-order valence-electron chi connectivity index (χ4n) is 2.46. The van der Waals surface area contributed by atoms with Gasteiger partial charge in [-0.15, -0.1) is 0 Å². The molecule has 126 valence electrons. The molecule has 3 aromatic heterocycles. The van der Waals surface area contributed by atoms with Crippen LogP contribution in [-0.2, 0) is 6.18 Å². The highest BCUT2D eigenvalue weighted by molar-refractivity contribution is 5.87. The summed E-state index contributed by atoms with van der Waals surface area (Å²) >= 11 is 0. The predicted octanol–water partition coefficient (Wildman–Crippen LogP) is 3.58. The number of hydrogen-bond acceptors (Lipinski definition) is 5. The van der Waals surface area contributed by atoms with E-state index in [1.165, 1.54) is 12.7 Å². The van der Waals surface area contributed by atoms with Gasteiger partial charge in [0.1, 0.15) is 29.8 Å². The van der Waals surface area contributed by atoms with Crippen molar-refractivity contribution >= 4 is 16.9 Å². The van der Waals surface area contributed by atoms with Crippen molar-refractivity contribution in [2.45, 2.75) is 26.1 Å². The van der Waals surface area contributed by atoms with E-state index in [-0.39, 0.29) is 23.0 Å². The Morgan fingerprint density at radius 3 is 2.42 bits per heavy atom. The van der Waals surface area contributed by atoms with Gasteiger partial charge < -0.3 is 10.3 Å². The van der Waals surface area contributed by atoms with Crippen molar-refractivity contribution in [3.05, 3.63) is 42.4 Å². The summed E-state index contributed by atoms with van der Waals surface area (Å²) in [6.45, 7) is 3.97. The van der Waals surface area contributed by atoms with Crippen LogP contribution in [0, 0.1) is 5.92 Å². The molecule has 3 heterocycles. The first-order valence-corrected chi connectivity index (χ1v) is 7.28. The van der Waals surface area contributed by atoms with E-state index in [1.807, 2.05) is 13.8 Å². The van der Waals surface area contributed by atoms with E-state index >= 15 is 0 Å². The molecule has 0 aliphatic rings. The Hall–Kier alpha value is -2.71. The number of hydrogen-bond donors (Lipinski definition) is 2. The molecule has 0 fully saturated rings. The van der Waals surface area contributed by atoms with E-state index in [9.17, 15) is 13.2 Å². The third kappa shape index (κ3) is 3.15. The van der Waals surface area contributed by atoms with Crippen molar-refractivity contribution in [2.24, 2.45) is 5.92 Å². The van der Waals surface area contributed by atoms with Crippen LogP contribution in [0.1, 0.15) is 31.1 Å². The van der Waals surface area contributed by atoms with Gasteiger partial charge in [0, 0.05) is 18.0 Å². The Morgan fingerprint density at radius 1 is 1.08 bits per heavy atom. The van der Waals surface area contributed by atoms with Crippen LogP contribution in [0.4, 0.5) is 19.0 Å². The quantitative estimate of drug-likeness (QED) is 0.761. The molecule has 2 N–H and O–H groups in total. The standard InChI is InChI=1S/C15H15F3N6/c1-8(2)12(9-4-19-6-20-5-9)24-14-10-3-11(15(16,17)18)23-13(10)21-7-22-14/h3-8,12H,1-2H3,(H2,21,22,23,24)/t12-/m1/s1. The lowest BCUT2D eigenvalue weighted by Gasteiger charge is -2.23. The molecule has 0 saturated carbocycles. The number of rotatable bonds is 4. The molecular formula is C15H15F3N6. The second-order valence-electron chi connectivity index (χ2n) is 5.70. The lowest BCUT2D eigenvalue weighted by Crippen LogP contribution is -2.18. The monoisotopic (exact) mass is 336 g/mol. The highest BCUT2D eigenvalue weighted by Crippen LogP contribution is 2.34. The summed E-state index contributed by atoms with van der Waals surface area (Å²) in [5.41, 5.74) is 0.0997. The predicted molar refractivity (Wildman–Crippen MR) is 82.1 cm³/mol. The van der Waals surface area contributed by atoms with Crippen LogP contribution in [0.25, 0.3) is 11.0 Å². The van der Waals surface area contributed by atoms with E-state index < -0.39 is 11.9 Å². The summed E-state index contributed by atoms with van der Waals surface area (Å²) in [7, 11) is 0. The first-order chi connectivity index (χ1) is 11.4. The lowest BCUT2D eigenvalue weighted by molar-refractivity contribution is -0.140. The number of H-pyrrole nitrogens is 1. The lowest BCUT2D eigenvalue weighted by atomic mass is 9.98. The zero-order valence-corrected chi connectivity index (χ0v) is 13.0. The average molecular weight is 336 g/mol. The molecule has 0 amide bonds. The molecule has 24 heavy (non-hydrogen) atoms. The SMILES string of the molecule is CC(C)[C@@H](Nc1ncnc2[nH]c(C(F)(F)F)cc12)c1cncnc1. The van der Waals surface area contributed by atoms with Gasteiger partial charge in [-0.1, -0.05) is 13.8 Å². The number of anilines is 1. The Labute approximate surface area is 135 Å². The van der Waals surface area contributed by atoms with Gasteiger partial charge in [-0.25, -0.2) is 19.9 Å².